The Kier molecular flexibility index (Phi) is 3.22. The van der Waals surface area contributed by atoms with Gasteiger partial charge in [-0.05, 0) is 23.8 Å². The normalized spacial score (nSPS) is 11.5. The lowest BCUT2D eigenvalue weighted by Crippen LogP contribution is -2.13. The molecule has 1 aromatic carbocycles. The van der Waals surface area contributed by atoms with Crippen molar-refractivity contribution in [3.8, 4) is 11.3 Å². The fourth-order valence-corrected chi connectivity index (χ4v) is 2.91. The van der Waals surface area contributed by atoms with E-state index in [0.717, 1.165) is 11.3 Å². The van der Waals surface area contributed by atoms with Gasteiger partial charge < -0.3 is 4.57 Å². The number of sulfonamides is 1. The van der Waals surface area contributed by atoms with E-state index < -0.39 is 10.0 Å². The Hall–Kier alpha value is -2.61. The van der Waals surface area contributed by atoms with Gasteiger partial charge in [-0.3, -0.25) is 9.82 Å². The van der Waals surface area contributed by atoms with Crippen molar-refractivity contribution in [1.29, 1.82) is 0 Å². The smallest absolute Gasteiger partial charge is 0.280 e. The Morgan fingerprint density at radius 1 is 1.19 bits per heavy atom. The van der Waals surface area contributed by atoms with Crippen molar-refractivity contribution in [2.24, 2.45) is 7.05 Å². The van der Waals surface area contributed by atoms with Crippen LogP contribution in [0.4, 0.5) is 5.69 Å². The Labute approximate surface area is 121 Å². The largest absolute Gasteiger partial charge is 0.339 e. The lowest BCUT2D eigenvalue weighted by atomic mass is 10.1. The number of aryl methyl sites for hydroxylation is 1. The van der Waals surface area contributed by atoms with Crippen molar-refractivity contribution in [3.63, 3.8) is 0 Å². The Morgan fingerprint density at radius 2 is 1.95 bits per heavy atom. The standard InChI is InChI=1S/C13H13N5O2S/c1-18-8-13(14-9-18)21(19,20)17-11-4-2-10(3-5-11)12-6-7-15-16-12/h2-9,17H,1H3,(H,15,16). The number of nitrogens with one attached hydrogen (secondary N) is 2. The molecule has 0 bridgehead atoms. The number of rotatable bonds is 4. The molecule has 0 aliphatic rings. The first-order chi connectivity index (χ1) is 10.0. The molecule has 21 heavy (non-hydrogen) atoms. The molecule has 0 fully saturated rings. The van der Waals surface area contributed by atoms with Crippen LogP contribution in [0, 0.1) is 0 Å². The molecular weight excluding hydrogens is 290 g/mol. The monoisotopic (exact) mass is 303 g/mol. The highest BCUT2D eigenvalue weighted by Gasteiger charge is 2.16. The zero-order valence-electron chi connectivity index (χ0n) is 11.2. The van der Waals surface area contributed by atoms with Crippen LogP contribution in [0.5, 0.6) is 0 Å². The van der Waals surface area contributed by atoms with Crippen LogP contribution in [0.25, 0.3) is 11.3 Å². The predicted molar refractivity (Wildman–Crippen MR) is 78.0 cm³/mol. The molecule has 0 atom stereocenters. The molecule has 108 valence electrons. The first-order valence-electron chi connectivity index (χ1n) is 6.15. The van der Waals surface area contributed by atoms with E-state index in [1.54, 1.807) is 29.9 Å². The molecule has 0 radical (unpaired) electrons. The van der Waals surface area contributed by atoms with Gasteiger partial charge in [0, 0.05) is 25.1 Å². The quantitative estimate of drug-likeness (QED) is 0.766. The Balaban J connectivity index is 1.82. The number of aromatic nitrogens is 4. The zero-order valence-corrected chi connectivity index (χ0v) is 12.0. The van der Waals surface area contributed by atoms with E-state index in [-0.39, 0.29) is 5.03 Å². The Morgan fingerprint density at radius 3 is 2.52 bits per heavy atom. The van der Waals surface area contributed by atoms with Crippen molar-refractivity contribution < 1.29 is 8.42 Å². The highest BCUT2D eigenvalue weighted by molar-refractivity contribution is 7.92. The number of nitrogens with zero attached hydrogens (tertiary/aromatic N) is 3. The van der Waals surface area contributed by atoms with Crippen molar-refractivity contribution in [3.05, 3.63) is 49.1 Å². The van der Waals surface area contributed by atoms with E-state index in [2.05, 4.69) is 19.9 Å². The predicted octanol–water partition coefficient (Wildman–Crippen LogP) is 1.61. The minimum atomic E-state index is -3.66. The summed E-state index contributed by atoms with van der Waals surface area (Å²) in [5.41, 5.74) is 2.27. The molecule has 2 N–H and O–H groups in total. The van der Waals surface area contributed by atoms with Crippen LogP contribution in [0.3, 0.4) is 0 Å². The fourth-order valence-electron chi connectivity index (χ4n) is 1.87. The van der Waals surface area contributed by atoms with Crippen molar-refractivity contribution in [2.75, 3.05) is 4.72 Å². The highest BCUT2D eigenvalue weighted by atomic mass is 32.2. The summed E-state index contributed by atoms with van der Waals surface area (Å²) in [6.07, 6.45) is 4.55. The van der Waals surface area contributed by atoms with E-state index in [0.29, 0.717) is 5.69 Å². The SMILES string of the molecule is Cn1cnc(S(=O)(=O)Nc2ccc(-c3ccn[nH]3)cc2)c1. The van der Waals surface area contributed by atoms with Crippen molar-refractivity contribution in [2.45, 2.75) is 5.03 Å². The maximum atomic E-state index is 12.1. The molecule has 3 aromatic rings. The van der Waals surface area contributed by atoms with Crippen LogP contribution >= 0.6 is 0 Å². The van der Waals surface area contributed by atoms with Crippen molar-refractivity contribution in [1.82, 2.24) is 19.7 Å². The van der Waals surface area contributed by atoms with Gasteiger partial charge in [-0.15, -0.1) is 0 Å². The topological polar surface area (TPSA) is 92.7 Å². The number of H-pyrrole nitrogens is 1. The molecule has 3 rings (SSSR count). The van der Waals surface area contributed by atoms with E-state index in [4.69, 9.17) is 0 Å². The molecular formula is C13H13N5O2S. The molecule has 0 unspecified atom stereocenters. The number of benzene rings is 1. The van der Waals surface area contributed by atoms with Crippen LogP contribution in [0.15, 0.2) is 54.1 Å². The first-order valence-corrected chi connectivity index (χ1v) is 7.63. The van der Waals surface area contributed by atoms with E-state index in [1.165, 1.54) is 12.5 Å². The summed E-state index contributed by atoms with van der Waals surface area (Å²) in [7, 11) is -1.95. The van der Waals surface area contributed by atoms with Crippen LogP contribution in [-0.4, -0.2) is 28.2 Å². The number of hydrogen-bond donors (Lipinski definition) is 2. The van der Waals surface area contributed by atoms with Gasteiger partial charge in [-0.25, -0.2) is 4.98 Å². The van der Waals surface area contributed by atoms with Crippen LogP contribution in [-0.2, 0) is 17.1 Å². The van der Waals surface area contributed by atoms with Crippen LogP contribution in [0.1, 0.15) is 0 Å². The highest BCUT2D eigenvalue weighted by Crippen LogP contribution is 2.20. The van der Waals surface area contributed by atoms with Gasteiger partial charge in [0.05, 0.1) is 12.0 Å². The molecule has 7 nitrogen and oxygen atoms in total. The van der Waals surface area contributed by atoms with Gasteiger partial charge >= 0.3 is 0 Å². The summed E-state index contributed by atoms with van der Waals surface area (Å²) in [6.45, 7) is 0. The third-order valence-corrected chi connectivity index (χ3v) is 4.17. The number of hydrogen-bond acceptors (Lipinski definition) is 4. The fraction of sp³-hybridized carbons (Fsp3) is 0.0769. The van der Waals surface area contributed by atoms with Crippen LogP contribution in [0.2, 0.25) is 0 Å². The lowest BCUT2D eigenvalue weighted by molar-refractivity contribution is 0.598. The molecule has 2 heterocycles. The molecule has 0 saturated carbocycles. The molecule has 0 aliphatic carbocycles. The maximum Gasteiger partial charge on any atom is 0.280 e. The second-order valence-electron chi connectivity index (χ2n) is 4.53. The zero-order chi connectivity index (χ0) is 14.9. The van der Waals surface area contributed by atoms with Gasteiger partial charge in [0.1, 0.15) is 0 Å². The molecule has 2 aromatic heterocycles. The average molecular weight is 303 g/mol. The molecule has 0 amide bonds. The van der Waals surface area contributed by atoms with Crippen LogP contribution < -0.4 is 4.72 Å². The van der Waals surface area contributed by atoms with Crippen molar-refractivity contribution >= 4 is 15.7 Å². The lowest BCUT2D eigenvalue weighted by Gasteiger charge is -2.06. The third-order valence-electron chi connectivity index (χ3n) is 2.91. The summed E-state index contributed by atoms with van der Waals surface area (Å²) in [4.78, 5) is 3.84. The Bertz CT molecular complexity index is 835. The second kappa shape index (κ2) is 5.06. The van der Waals surface area contributed by atoms with E-state index in [1.807, 2.05) is 18.2 Å². The summed E-state index contributed by atoms with van der Waals surface area (Å²) in [5, 5.41) is 6.71. The summed E-state index contributed by atoms with van der Waals surface area (Å²) >= 11 is 0. The minimum absolute atomic E-state index is 0.0114. The number of anilines is 1. The molecule has 8 heteroatoms. The van der Waals surface area contributed by atoms with E-state index >= 15 is 0 Å². The van der Waals surface area contributed by atoms with E-state index in [9.17, 15) is 8.42 Å². The molecule has 0 aliphatic heterocycles. The average Bonchev–Trinajstić information content (AvgIpc) is 3.10. The number of aromatic amines is 1. The summed E-state index contributed by atoms with van der Waals surface area (Å²) < 4.78 is 28.3. The first kappa shape index (κ1) is 13.4. The summed E-state index contributed by atoms with van der Waals surface area (Å²) in [6, 6.07) is 8.84. The minimum Gasteiger partial charge on any atom is -0.339 e. The molecule has 0 spiro atoms. The maximum absolute atomic E-state index is 12.1. The van der Waals surface area contributed by atoms with Gasteiger partial charge in [0.15, 0.2) is 5.03 Å². The van der Waals surface area contributed by atoms with Gasteiger partial charge in [-0.1, -0.05) is 12.1 Å². The van der Waals surface area contributed by atoms with Gasteiger partial charge in [-0.2, -0.15) is 13.5 Å². The van der Waals surface area contributed by atoms with Gasteiger partial charge in [0.2, 0.25) is 0 Å². The summed E-state index contributed by atoms with van der Waals surface area (Å²) in [5.74, 6) is 0. The number of imidazole rings is 1. The van der Waals surface area contributed by atoms with Gasteiger partial charge in [0.25, 0.3) is 10.0 Å². The third kappa shape index (κ3) is 2.79. The molecule has 0 saturated heterocycles. The second-order valence-corrected chi connectivity index (χ2v) is 6.16.